The summed E-state index contributed by atoms with van der Waals surface area (Å²) in [7, 11) is 0.0104. The minimum absolute atomic E-state index is 0.00464. The van der Waals surface area contributed by atoms with Crippen molar-refractivity contribution in [3.05, 3.63) is 0 Å². The SMILES string of the molecule is COC(=O)[C@H](CS[C@@H]1CC(=O)C[C@H]1O[SiH](C)C)NC(=O)OC(C)(C)C. The lowest BCUT2D eigenvalue weighted by molar-refractivity contribution is -0.142. The number of carbonyl (C=O) groups is 3. The number of carbonyl (C=O) groups excluding carboxylic acids is 3. The highest BCUT2D eigenvalue weighted by Gasteiger charge is 2.36. The molecule has 9 heteroatoms. The van der Waals surface area contributed by atoms with Crippen molar-refractivity contribution in [2.24, 2.45) is 0 Å². The van der Waals surface area contributed by atoms with Crippen LogP contribution < -0.4 is 5.32 Å². The monoisotopic (exact) mass is 391 g/mol. The topological polar surface area (TPSA) is 90.9 Å². The summed E-state index contributed by atoms with van der Waals surface area (Å²) >= 11 is 1.45. The molecule has 1 fully saturated rings. The minimum Gasteiger partial charge on any atom is -0.467 e. The molecule has 1 N–H and O–H groups in total. The Kier molecular flexibility index (Phi) is 8.43. The van der Waals surface area contributed by atoms with Crippen LogP contribution in [0.4, 0.5) is 4.79 Å². The third-order valence-electron chi connectivity index (χ3n) is 3.37. The molecule has 0 heterocycles. The minimum atomic E-state index is -1.26. The second kappa shape index (κ2) is 9.58. The van der Waals surface area contributed by atoms with Crippen molar-refractivity contribution >= 4 is 38.6 Å². The number of ether oxygens (including phenoxy) is 2. The molecule has 1 amide bonds. The fraction of sp³-hybridized carbons (Fsp3) is 0.812. The lowest BCUT2D eigenvalue weighted by Gasteiger charge is -2.25. The lowest BCUT2D eigenvalue weighted by Crippen LogP contribution is -2.46. The summed E-state index contributed by atoms with van der Waals surface area (Å²) in [6.45, 7) is 9.36. The van der Waals surface area contributed by atoms with Gasteiger partial charge < -0.3 is 19.2 Å². The summed E-state index contributed by atoms with van der Waals surface area (Å²) in [6, 6.07) is -0.836. The molecular formula is C16H29NO6SSi. The Balaban J connectivity index is 2.64. The number of ketones is 1. The van der Waals surface area contributed by atoms with Crippen LogP contribution >= 0.6 is 11.8 Å². The number of nitrogens with one attached hydrogen (secondary N) is 1. The maximum Gasteiger partial charge on any atom is 0.408 e. The third-order valence-corrected chi connectivity index (χ3v) is 5.69. The van der Waals surface area contributed by atoms with Crippen LogP contribution in [0.5, 0.6) is 0 Å². The van der Waals surface area contributed by atoms with Crippen molar-refractivity contribution in [2.75, 3.05) is 12.9 Å². The van der Waals surface area contributed by atoms with Gasteiger partial charge in [0.2, 0.25) is 0 Å². The molecule has 0 aromatic carbocycles. The van der Waals surface area contributed by atoms with Crippen molar-refractivity contribution in [3.63, 3.8) is 0 Å². The second-order valence-corrected chi connectivity index (χ2v) is 10.9. The first kappa shape index (κ1) is 22.0. The van der Waals surface area contributed by atoms with E-state index in [0.29, 0.717) is 18.6 Å². The molecule has 3 atom stereocenters. The summed E-state index contributed by atoms with van der Waals surface area (Å²) in [5.74, 6) is -0.0751. The van der Waals surface area contributed by atoms with Crippen LogP contribution in [-0.2, 0) is 23.5 Å². The van der Waals surface area contributed by atoms with E-state index in [1.807, 2.05) is 0 Å². The van der Waals surface area contributed by atoms with Gasteiger partial charge in [-0.3, -0.25) is 4.79 Å². The van der Waals surface area contributed by atoms with E-state index in [0.717, 1.165) is 0 Å². The molecule has 25 heavy (non-hydrogen) atoms. The first-order valence-corrected chi connectivity index (χ1v) is 12.2. The average molecular weight is 392 g/mol. The van der Waals surface area contributed by atoms with Crippen molar-refractivity contribution in [1.29, 1.82) is 0 Å². The molecule has 7 nitrogen and oxygen atoms in total. The van der Waals surface area contributed by atoms with E-state index < -0.39 is 32.7 Å². The number of esters is 1. The highest BCUT2D eigenvalue weighted by atomic mass is 32.2. The number of thioether (sulfide) groups is 1. The number of amides is 1. The Bertz CT molecular complexity index is 494. The van der Waals surface area contributed by atoms with Crippen LogP contribution in [0.3, 0.4) is 0 Å². The molecule has 1 aliphatic rings. The molecule has 1 aliphatic carbocycles. The number of hydrogen-bond donors (Lipinski definition) is 1. The predicted molar refractivity (Wildman–Crippen MR) is 99.4 cm³/mol. The highest BCUT2D eigenvalue weighted by Crippen LogP contribution is 2.31. The molecule has 0 spiro atoms. The van der Waals surface area contributed by atoms with Crippen LogP contribution in [0, 0.1) is 0 Å². The molecule has 1 saturated carbocycles. The van der Waals surface area contributed by atoms with Gasteiger partial charge in [-0.05, 0) is 33.9 Å². The summed E-state index contributed by atoms with van der Waals surface area (Å²) in [4.78, 5) is 35.6. The fourth-order valence-corrected chi connectivity index (χ4v) is 4.86. The molecular weight excluding hydrogens is 362 g/mol. The van der Waals surface area contributed by atoms with Gasteiger partial charge in [0, 0.05) is 23.8 Å². The summed E-state index contributed by atoms with van der Waals surface area (Å²) in [6.07, 6.45) is 0.0690. The quantitative estimate of drug-likeness (QED) is 0.523. The van der Waals surface area contributed by atoms with E-state index in [1.54, 1.807) is 20.8 Å². The Labute approximate surface area is 155 Å². The van der Waals surface area contributed by atoms with Crippen LogP contribution in [0.2, 0.25) is 13.1 Å². The smallest absolute Gasteiger partial charge is 0.408 e. The van der Waals surface area contributed by atoms with Crippen molar-refractivity contribution in [2.45, 2.75) is 69.7 Å². The van der Waals surface area contributed by atoms with Gasteiger partial charge in [0.05, 0.1) is 13.2 Å². The maximum atomic E-state index is 11.9. The lowest BCUT2D eigenvalue weighted by atomic mass is 10.2. The zero-order chi connectivity index (χ0) is 19.2. The Hall–Kier alpha value is -1.06. The van der Waals surface area contributed by atoms with Crippen molar-refractivity contribution in [3.8, 4) is 0 Å². The maximum absolute atomic E-state index is 11.9. The normalized spacial score (nSPS) is 22.0. The van der Waals surface area contributed by atoms with Gasteiger partial charge in [-0.2, -0.15) is 11.8 Å². The Morgan fingerprint density at radius 1 is 1.32 bits per heavy atom. The molecule has 0 aliphatic heterocycles. The zero-order valence-electron chi connectivity index (χ0n) is 15.8. The van der Waals surface area contributed by atoms with E-state index >= 15 is 0 Å². The van der Waals surface area contributed by atoms with E-state index in [1.165, 1.54) is 18.9 Å². The summed E-state index contributed by atoms with van der Waals surface area (Å²) in [5.41, 5.74) is -0.656. The molecule has 0 radical (unpaired) electrons. The van der Waals surface area contributed by atoms with Crippen LogP contribution in [0.1, 0.15) is 33.6 Å². The van der Waals surface area contributed by atoms with E-state index in [2.05, 4.69) is 18.4 Å². The van der Waals surface area contributed by atoms with E-state index in [9.17, 15) is 14.4 Å². The van der Waals surface area contributed by atoms with Gasteiger partial charge in [-0.15, -0.1) is 0 Å². The van der Waals surface area contributed by atoms with Gasteiger partial charge in [-0.25, -0.2) is 9.59 Å². The zero-order valence-corrected chi connectivity index (χ0v) is 17.8. The van der Waals surface area contributed by atoms with Crippen LogP contribution in [0.15, 0.2) is 0 Å². The number of methoxy groups -OCH3 is 1. The molecule has 1 rings (SSSR count). The molecule has 0 saturated heterocycles. The van der Waals surface area contributed by atoms with Gasteiger partial charge in [0.25, 0.3) is 0 Å². The first-order valence-electron chi connectivity index (χ1n) is 8.38. The van der Waals surface area contributed by atoms with Crippen LogP contribution in [-0.4, -0.2) is 62.7 Å². The van der Waals surface area contributed by atoms with Crippen molar-refractivity contribution in [1.82, 2.24) is 5.32 Å². The largest absolute Gasteiger partial charge is 0.467 e. The van der Waals surface area contributed by atoms with E-state index in [-0.39, 0.29) is 17.1 Å². The second-order valence-electron chi connectivity index (χ2n) is 7.26. The molecule has 0 aromatic heterocycles. The van der Waals surface area contributed by atoms with Crippen molar-refractivity contribution < 1.29 is 28.3 Å². The van der Waals surface area contributed by atoms with Gasteiger partial charge in [0.15, 0.2) is 9.04 Å². The Morgan fingerprint density at radius 3 is 2.48 bits per heavy atom. The molecule has 0 aromatic rings. The highest BCUT2D eigenvalue weighted by molar-refractivity contribution is 8.00. The Morgan fingerprint density at radius 2 is 1.96 bits per heavy atom. The molecule has 0 unspecified atom stereocenters. The predicted octanol–water partition coefficient (Wildman–Crippen LogP) is 1.89. The van der Waals surface area contributed by atoms with E-state index in [4.69, 9.17) is 13.9 Å². The van der Waals surface area contributed by atoms with Gasteiger partial charge in [0.1, 0.15) is 17.4 Å². The third kappa shape index (κ3) is 8.24. The number of hydrogen-bond acceptors (Lipinski definition) is 7. The van der Waals surface area contributed by atoms with Gasteiger partial charge >= 0.3 is 12.1 Å². The molecule has 144 valence electrons. The van der Waals surface area contributed by atoms with Gasteiger partial charge in [-0.1, -0.05) is 0 Å². The fourth-order valence-electron chi connectivity index (χ4n) is 2.43. The average Bonchev–Trinajstić information content (AvgIpc) is 2.79. The molecule has 0 bridgehead atoms. The summed E-state index contributed by atoms with van der Waals surface area (Å²) in [5, 5.41) is 2.54. The van der Waals surface area contributed by atoms with Crippen LogP contribution in [0.25, 0.3) is 0 Å². The number of Topliss-reactive ketones (excluding diaryl/α,β-unsaturated/α-hetero) is 1. The standard InChI is InChI=1S/C16H29NO6SSi/c1-16(2,3)22-15(20)17-11(14(19)21-4)9-24-13-8-10(18)7-12(13)23-25(5)6/h11-13,25H,7-9H2,1-6H3,(H,17,20)/t11-,12+,13+/m0/s1. The number of alkyl carbamates (subject to hydrolysis) is 1. The number of rotatable bonds is 7. The first-order chi connectivity index (χ1) is 11.5. The summed E-state index contributed by atoms with van der Waals surface area (Å²) < 4.78 is 15.9.